The van der Waals surface area contributed by atoms with E-state index >= 15 is 0 Å². The minimum absolute atomic E-state index is 0.00101. The Kier molecular flexibility index (Phi) is 5.43. The van der Waals surface area contributed by atoms with Crippen LogP contribution in [0.15, 0.2) is 48.5 Å². The Morgan fingerprint density at radius 2 is 1.39 bits per heavy atom. The van der Waals surface area contributed by atoms with E-state index in [9.17, 15) is 9.59 Å². The van der Waals surface area contributed by atoms with Crippen molar-refractivity contribution < 1.29 is 9.59 Å². The lowest BCUT2D eigenvalue weighted by Crippen LogP contribution is -2.19. The Balaban J connectivity index is 1.98. The number of carbonyl (C=O) groups excluding carboxylic acids is 2. The van der Waals surface area contributed by atoms with E-state index in [-0.39, 0.29) is 11.7 Å². The summed E-state index contributed by atoms with van der Waals surface area (Å²) in [7, 11) is 0. The number of thiocarbonyl (C=S) groups is 1. The average molecular weight is 327 g/mol. The van der Waals surface area contributed by atoms with E-state index in [1.54, 1.807) is 30.3 Å². The maximum atomic E-state index is 11.4. The molecule has 0 aliphatic rings. The van der Waals surface area contributed by atoms with Crippen LogP contribution in [0.2, 0.25) is 0 Å². The molecule has 0 aliphatic carbocycles. The van der Waals surface area contributed by atoms with Crippen molar-refractivity contribution in [2.24, 2.45) is 0 Å². The summed E-state index contributed by atoms with van der Waals surface area (Å²) in [5.74, 6) is -0.116. The number of Topliss-reactive ketones (excluding diaryl/α,β-unsaturated/α-hetero) is 1. The standard InChI is InChI=1S/C17H17N3O2S/c1-11(21)13-4-3-5-16(10-13)20-17(23)19-15-8-6-14(7-9-15)18-12(2)22/h3-10H,1-2H3,(H,18,22)(H2,19,20,23). The fourth-order valence-electron chi connectivity index (χ4n) is 1.95. The van der Waals surface area contributed by atoms with E-state index < -0.39 is 0 Å². The van der Waals surface area contributed by atoms with E-state index in [0.717, 1.165) is 17.1 Å². The van der Waals surface area contributed by atoms with Crippen LogP contribution >= 0.6 is 12.2 Å². The van der Waals surface area contributed by atoms with Gasteiger partial charge >= 0.3 is 0 Å². The van der Waals surface area contributed by atoms with Gasteiger partial charge in [-0.2, -0.15) is 0 Å². The van der Waals surface area contributed by atoms with Crippen LogP contribution in [0.5, 0.6) is 0 Å². The third-order valence-corrected chi connectivity index (χ3v) is 3.19. The van der Waals surface area contributed by atoms with Gasteiger partial charge in [-0.05, 0) is 55.5 Å². The second-order valence-electron chi connectivity index (χ2n) is 4.97. The average Bonchev–Trinajstić information content (AvgIpc) is 2.49. The zero-order chi connectivity index (χ0) is 16.8. The second-order valence-corrected chi connectivity index (χ2v) is 5.38. The molecule has 0 saturated heterocycles. The number of anilines is 3. The van der Waals surface area contributed by atoms with Gasteiger partial charge in [-0.15, -0.1) is 0 Å². The zero-order valence-corrected chi connectivity index (χ0v) is 13.7. The van der Waals surface area contributed by atoms with Gasteiger partial charge in [0.25, 0.3) is 0 Å². The van der Waals surface area contributed by atoms with Crippen LogP contribution in [0.3, 0.4) is 0 Å². The molecular formula is C17H17N3O2S. The normalized spacial score (nSPS) is 9.83. The molecule has 0 heterocycles. The molecule has 0 unspecified atom stereocenters. The fraction of sp³-hybridized carbons (Fsp3) is 0.118. The number of hydrogen-bond acceptors (Lipinski definition) is 3. The predicted octanol–water partition coefficient (Wildman–Crippen LogP) is 3.66. The maximum absolute atomic E-state index is 11.4. The molecule has 0 fully saturated rings. The summed E-state index contributed by atoms with van der Waals surface area (Å²) in [5.41, 5.74) is 2.87. The van der Waals surface area contributed by atoms with Gasteiger partial charge in [-0.25, -0.2) is 0 Å². The highest BCUT2D eigenvalue weighted by molar-refractivity contribution is 7.80. The Bertz CT molecular complexity index is 742. The molecule has 2 rings (SSSR count). The van der Waals surface area contributed by atoms with Gasteiger partial charge in [0.15, 0.2) is 10.9 Å². The van der Waals surface area contributed by atoms with Crippen LogP contribution in [0.4, 0.5) is 17.1 Å². The van der Waals surface area contributed by atoms with Crippen molar-refractivity contribution in [3.8, 4) is 0 Å². The number of hydrogen-bond donors (Lipinski definition) is 3. The lowest BCUT2D eigenvalue weighted by Gasteiger charge is -2.11. The van der Waals surface area contributed by atoms with Crippen LogP contribution < -0.4 is 16.0 Å². The van der Waals surface area contributed by atoms with E-state index in [4.69, 9.17) is 12.2 Å². The van der Waals surface area contributed by atoms with Gasteiger partial charge in [-0.1, -0.05) is 12.1 Å². The molecule has 0 aliphatic heterocycles. The van der Waals surface area contributed by atoms with Gasteiger partial charge in [0, 0.05) is 29.5 Å². The molecule has 1 amide bonds. The van der Waals surface area contributed by atoms with E-state index in [2.05, 4.69) is 16.0 Å². The van der Waals surface area contributed by atoms with Crippen molar-refractivity contribution in [2.75, 3.05) is 16.0 Å². The third kappa shape index (κ3) is 5.19. The third-order valence-electron chi connectivity index (χ3n) is 2.99. The van der Waals surface area contributed by atoms with Crippen LogP contribution in [-0.2, 0) is 4.79 Å². The van der Waals surface area contributed by atoms with Crippen molar-refractivity contribution in [1.82, 2.24) is 0 Å². The molecule has 0 aromatic heterocycles. The molecule has 0 spiro atoms. The van der Waals surface area contributed by atoms with Gasteiger partial charge in [-0.3, -0.25) is 9.59 Å². The number of ketones is 1. The predicted molar refractivity (Wildman–Crippen MR) is 97.0 cm³/mol. The smallest absolute Gasteiger partial charge is 0.221 e. The zero-order valence-electron chi connectivity index (χ0n) is 12.8. The second kappa shape index (κ2) is 7.51. The van der Waals surface area contributed by atoms with E-state index in [1.165, 1.54) is 13.8 Å². The Morgan fingerprint density at radius 1 is 0.826 bits per heavy atom. The molecule has 0 atom stereocenters. The molecule has 5 nitrogen and oxygen atoms in total. The highest BCUT2D eigenvalue weighted by Gasteiger charge is 2.03. The maximum Gasteiger partial charge on any atom is 0.221 e. The number of benzene rings is 2. The molecule has 3 N–H and O–H groups in total. The summed E-state index contributed by atoms with van der Waals surface area (Å²) in [6.45, 7) is 2.98. The highest BCUT2D eigenvalue weighted by Crippen LogP contribution is 2.15. The van der Waals surface area contributed by atoms with Crippen molar-refractivity contribution in [3.63, 3.8) is 0 Å². The van der Waals surface area contributed by atoms with Gasteiger partial charge in [0.2, 0.25) is 5.91 Å². The molecular weight excluding hydrogens is 310 g/mol. The number of rotatable bonds is 4. The van der Waals surface area contributed by atoms with Gasteiger partial charge in [0.05, 0.1) is 0 Å². The molecule has 0 bridgehead atoms. The van der Waals surface area contributed by atoms with Crippen molar-refractivity contribution in [3.05, 3.63) is 54.1 Å². The summed E-state index contributed by atoms with van der Waals surface area (Å²) in [6, 6.07) is 14.3. The van der Waals surface area contributed by atoms with Crippen LogP contribution in [0.25, 0.3) is 0 Å². The molecule has 6 heteroatoms. The molecule has 23 heavy (non-hydrogen) atoms. The monoisotopic (exact) mass is 327 g/mol. The summed E-state index contributed by atoms with van der Waals surface area (Å²) in [6.07, 6.45) is 0. The topological polar surface area (TPSA) is 70.2 Å². The molecule has 2 aromatic carbocycles. The van der Waals surface area contributed by atoms with Crippen molar-refractivity contribution in [2.45, 2.75) is 13.8 Å². The highest BCUT2D eigenvalue weighted by atomic mass is 32.1. The number of amides is 1. The van der Waals surface area contributed by atoms with Crippen LogP contribution in [0, 0.1) is 0 Å². The summed E-state index contributed by atoms with van der Waals surface area (Å²) in [5, 5.41) is 9.18. The minimum atomic E-state index is -0.117. The first-order valence-electron chi connectivity index (χ1n) is 7.01. The summed E-state index contributed by atoms with van der Waals surface area (Å²) >= 11 is 5.25. The number of nitrogens with one attached hydrogen (secondary N) is 3. The Morgan fingerprint density at radius 3 is 1.96 bits per heavy atom. The largest absolute Gasteiger partial charge is 0.332 e. The first-order valence-corrected chi connectivity index (χ1v) is 7.41. The van der Waals surface area contributed by atoms with Crippen molar-refractivity contribution >= 4 is 46.1 Å². The summed E-state index contributed by atoms with van der Waals surface area (Å²) in [4.78, 5) is 22.3. The first-order chi connectivity index (χ1) is 10.9. The van der Waals surface area contributed by atoms with E-state index in [1.807, 2.05) is 18.2 Å². The number of carbonyl (C=O) groups is 2. The van der Waals surface area contributed by atoms with Crippen LogP contribution in [-0.4, -0.2) is 16.8 Å². The van der Waals surface area contributed by atoms with Crippen LogP contribution in [0.1, 0.15) is 24.2 Å². The van der Waals surface area contributed by atoms with Gasteiger partial charge < -0.3 is 16.0 Å². The lowest BCUT2D eigenvalue weighted by atomic mass is 10.1. The Hall–Kier alpha value is -2.73. The fourth-order valence-corrected chi connectivity index (χ4v) is 2.19. The lowest BCUT2D eigenvalue weighted by molar-refractivity contribution is -0.114. The summed E-state index contributed by atoms with van der Waals surface area (Å²) < 4.78 is 0. The quantitative estimate of drug-likeness (QED) is 0.590. The van der Waals surface area contributed by atoms with E-state index in [0.29, 0.717) is 10.7 Å². The van der Waals surface area contributed by atoms with Gasteiger partial charge in [0.1, 0.15) is 0 Å². The molecule has 118 valence electrons. The molecule has 0 radical (unpaired) electrons. The molecule has 0 saturated carbocycles. The minimum Gasteiger partial charge on any atom is -0.332 e. The Labute approximate surface area is 140 Å². The first kappa shape index (κ1) is 16.6. The molecule has 2 aromatic rings. The van der Waals surface area contributed by atoms with Crippen molar-refractivity contribution in [1.29, 1.82) is 0 Å². The SMILES string of the molecule is CC(=O)Nc1ccc(NC(=S)Nc2cccc(C(C)=O)c2)cc1.